The first kappa shape index (κ1) is 8.32. The van der Waals surface area contributed by atoms with Crippen LogP contribution in [0, 0.1) is 0 Å². The van der Waals surface area contributed by atoms with Gasteiger partial charge in [0.2, 0.25) is 0 Å². The van der Waals surface area contributed by atoms with E-state index in [1.54, 1.807) is 0 Å². The molecular weight excluding hydrogens is 144 g/mol. The fourth-order valence-electron chi connectivity index (χ4n) is 0.277. The van der Waals surface area contributed by atoms with Gasteiger partial charge in [0, 0.05) is 0 Å². The summed E-state index contributed by atoms with van der Waals surface area (Å²) in [7, 11) is 0. The van der Waals surface area contributed by atoms with Crippen LogP contribution in [0.2, 0.25) is 0 Å². The van der Waals surface area contributed by atoms with Gasteiger partial charge in [-0.1, -0.05) is 0 Å². The molecule has 0 fully saturated rings. The van der Waals surface area contributed by atoms with Crippen LogP contribution in [0.15, 0.2) is 0 Å². The second-order valence-electron chi connectivity index (χ2n) is 1.12. The van der Waals surface area contributed by atoms with E-state index < -0.39 is 0 Å². The van der Waals surface area contributed by atoms with Gasteiger partial charge in [-0.25, -0.2) is 0 Å². The minimum absolute atomic E-state index is 0.537. The molecule has 0 N–H and O–H groups in total. The van der Waals surface area contributed by atoms with Crippen LogP contribution in [0.1, 0.15) is 13.8 Å². The third-order valence-electron chi connectivity index (χ3n) is 0.524. The van der Waals surface area contributed by atoms with Gasteiger partial charge in [-0.2, -0.15) is 0 Å². The van der Waals surface area contributed by atoms with Gasteiger partial charge in [-0.3, -0.25) is 0 Å². The molecule has 0 aliphatic heterocycles. The third-order valence-corrected chi connectivity index (χ3v) is 0.892. The maximum absolute atomic E-state index is 4.92. The van der Waals surface area contributed by atoms with Crippen molar-refractivity contribution in [1.82, 2.24) is 0 Å². The predicted octanol–water partition coefficient (Wildman–Crippen LogP) is 0.694. The van der Waals surface area contributed by atoms with Crippen molar-refractivity contribution in [3.8, 4) is 0 Å². The van der Waals surface area contributed by atoms with Crippen molar-refractivity contribution in [3.05, 3.63) is 0 Å². The van der Waals surface area contributed by atoms with Crippen molar-refractivity contribution < 1.29 is 25.3 Å². The molecule has 2 nitrogen and oxygen atoms in total. The Balaban J connectivity index is 3.06. The molecule has 3 heteroatoms. The molecule has 0 aromatic carbocycles. The summed E-state index contributed by atoms with van der Waals surface area (Å²) < 4.78 is 10.4. The van der Waals surface area contributed by atoms with E-state index in [0.717, 1.165) is 0 Å². The fraction of sp³-hybridized carbons (Fsp3) is 0.800. The van der Waals surface area contributed by atoms with Crippen molar-refractivity contribution >= 4 is 4.75 Å². The van der Waals surface area contributed by atoms with E-state index in [1.165, 1.54) is 0 Å². The zero-order valence-electron chi connectivity index (χ0n) is 5.14. The molecule has 0 bridgehead atoms. The van der Waals surface area contributed by atoms with Crippen molar-refractivity contribution in [2.45, 2.75) is 13.8 Å². The van der Waals surface area contributed by atoms with Gasteiger partial charge in [0.05, 0.1) is 0 Å². The van der Waals surface area contributed by atoms with Crippen LogP contribution in [0.25, 0.3) is 0 Å². The van der Waals surface area contributed by atoms with E-state index in [4.69, 9.17) is 9.47 Å². The van der Waals surface area contributed by atoms with Crippen LogP contribution in [-0.2, 0) is 25.3 Å². The summed E-state index contributed by atoms with van der Waals surface area (Å²) in [5.41, 5.74) is 0. The molecule has 48 valence electrons. The first-order chi connectivity index (χ1) is 3.81. The first-order valence-electron chi connectivity index (χ1n) is 2.60. The van der Waals surface area contributed by atoms with Gasteiger partial charge in [-0.15, -0.1) is 0 Å². The van der Waals surface area contributed by atoms with Crippen LogP contribution in [0.5, 0.6) is 0 Å². The molecule has 0 radical (unpaired) electrons. The average Bonchev–Trinajstić information content (AvgIpc) is 1.68. The summed E-state index contributed by atoms with van der Waals surface area (Å²) in [5, 5.41) is 0. The van der Waals surface area contributed by atoms with Gasteiger partial charge in [0.1, 0.15) is 0 Å². The molecule has 0 rings (SSSR count). The Morgan fingerprint density at radius 3 is 1.88 bits per heavy atom. The molecule has 0 aromatic heterocycles. The SMILES string of the molecule is CCO[C](=[Cr])OCC. The number of hydrogen-bond acceptors (Lipinski definition) is 2. The van der Waals surface area contributed by atoms with Crippen LogP contribution in [-0.4, -0.2) is 18.0 Å². The van der Waals surface area contributed by atoms with Crippen molar-refractivity contribution in [2.75, 3.05) is 13.2 Å². The van der Waals surface area contributed by atoms with E-state index in [2.05, 4.69) is 15.9 Å². The standard InChI is InChI=1S/C5H10O2.Cr/c1-3-6-5-7-4-2;/h3-4H2,1-2H3;. The number of ether oxygens (including phenoxy) is 2. The molecule has 0 aliphatic carbocycles. The summed E-state index contributed by atoms with van der Waals surface area (Å²) >= 11 is 2.65. The summed E-state index contributed by atoms with van der Waals surface area (Å²) in [4.78, 5) is 0. The van der Waals surface area contributed by atoms with Gasteiger partial charge < -0.3 is 0 Å². The molecular formula is C5H10CrO2. The number of rotatable bonds is 4. The minimum atomic E-state index is 0.537. The molecule has 0 spiro atoms. The normalized spacial score (nSPS) is 9.25. The molecule has 0 saturated carbocycles. The zero-order chi connectivity index (χ0) is 6.41. The second kappa shape index (κ2) is 5.46. The molecule has 0 aliphatic rings. The molecule has 0 aromatic rings. The second-order valence-corrected chi connectivity index (χ2v) is 1.64. The monoisotopic (exact) mass is 154 g/mol. The molecule has 0 heterocycles. The van der Waals surface area contributed by atoms with E-state index in [-0.39, 0.29) is 0 Å². The van der Waals surface area contributed by atoms with Crippen molar-refractivity contribution in [3.63, 3.8) is 0 Å². The number of hydrogen-bond donors (Lipinski definition) is 0. The van der Waals surface area contributed by atoms with E-state index in [9.17, 15) is 0 Å². The van der Waals surface area contributed by atoms with Gasteiger partial charge >= 0.3 is 57.1 Å². The molecule has 0 amide bonds. The van der Waals surface area contributed by atoms with Gasteiger partial charge in [0.25, 0.3) is 0 Å². The predicted molar refractivity (Wildman–Crippen MR) is 28.3 cm³/mol. The van der Waals surface area contributed by atoms with E-state index in [1.807, 2.05) is 13.8 Å². The Morgan fingerprint density at radius 1 is 1.25 bits per heavy atom. The van der Waals surface area contributed by atoms with Crippen LogP contribution >= 0.6 is 0 Å². The summed E-state index contributed by atoms with van der Waals surface area (Å²) in [5.74, 6) is 0. The van der Waals surface area contributed by atoms with Crippen LogP contribution in [0.3, 0.4) is 0 Å². The molecule has 0 saturated heterocycles. The van der Waals surface area contributed by atoms with Crippen molar-refractivity contribution in [1.29, 1.82) is 0 Å². The first-order valence-corrected chi connectivity index (χ1v) is 3.24. The van der Waals surface area contributed by atoms with Crippen molar-refractivity contribution in [2.24, 2.45) is 0 Å². The maximum atomic E-state index is 4.92. The Kier molecular flexibility index (Phi) is 5.68. The summed E-state index contributed by atoms with van der Waals surface area (Å²) in [6, 6.07) is 0. The summed E-state index contributed by atoms with van der Waals surface area (Å²) in [6.07, 6.45) is 0. The van der Waals surface area contributed by atoms with Gasteiger partial charge in [-0.05, 0) is 0 Å². The zero-order valence-corrected chi connectivity index (χ0v) is 6.41. The Morgan fingerprint density at radius 2 is 1.62 bits per heavy atom. The molecule has 8 heavy (non-hydrogen) atoms. The van der Waals surface area contributed by atoms with E-state index >= 15 is 0 Å². The molecule has 0 atom stereocenters. The third kappa shape index (κ3) is 4.48. The fourth-order valence-corrected chi connectivity index (χ4v) is 0.645. The van der Waals surface area contributed by atoms with Gasteiger partial charge in [0.15, 0.2) is 0 Å². The topological polar surface area (TPSA) is 18.5 Å². The quantitative estimate of drug-likeness (QED) is 0.593. The Hall–Kier alpha value is 0.322. The van der Waals surface area contributed by atoms with Crippen LogP contribution in [0.4, 0.5) is 0 Å². The van der Waals surface area contributed by atoms with Crippen LogP contribution < -0.4 is 0 Å². The average molecular weight is 154 g/mol. The summed E-state index contributed by atoms with van der Waals surface area (Å²) in [6.45, 7) is 5.14. The Labute approximate surface area is 57.7 Å². The van der Waals surface area contributed by atoms with E-state index in [0.29, 0.717) is 18.0 Å². The Bertz CT molecular complexity index is 64.8. The molecule has 0 unspecified atom stereocenters.